The van der Waals surface area contributed by atoms with Crippen LogP contribution >= 0.6 is 0 Å². The molecule has 0 amide bonds. The molecule has 2 fully saturated rings. The first-order valence-corrected chi connectivity index (χ1v) is 4.54. The van der Waals surface area contributed by atoms with Gasteiger partial charge in [0.05, 0.1) is 0 Å². The fourth-order valence-corrected chi connectivity index (χ4v) is 2.74. The molecule has 2 rings (SSSR count). The van der Waals surface area contributed by atoms with Crippen molar-refractivity contribution in [2.75, 3.05) is 6.54 Å². The fourth-order valence-electron chi connectivity index (χ4n) is 2.74. The van der Waals surface area contributed by atoms with E-state index in [4.69, 9.17) is 0 Å². The molecule has 0 bridgehead atoms. The van der Waals surface area contributed by atoms with Gasteiger partial charge in [-0.15, -0.1) is 0 Å². The van der Waals surface area contributed by atoms with Gasteiger partial charge in [0, 0.05) is 11.6 Å². The average Bonchev–Trinajstić information content (AvgIpc) is 2.36. The van der Waals surface area contributed by atoms with E-state index >= 15 is 0 Å². The van der Waals surface area contributed by atoms with Crippen LogP contribution in [0.5, 0.6) is 0 Å². The number of alkyl halides is 1. The Balaban J connectivity index is 2.21. The zero-order valence-electron chi connectivity index (χ0n) is 7.31. The number of nitrogens with zero attached hydrogens (tertiary/aromatic N) is 1. The lowest BCUT2D eigenvalue weighted by atomic mass is 9.96. The van der Waals surface area contributed by atoms with E-state index in [0.717, 1.165) is 13.0 Å². The maximum absolute atomic E-state index is 13.2. The Morgan fingerprint density at radius 2 is 2.27 bits per heavy atom. The van der Waals surface area contributed by atoms with E-state index in [1.165, 1.54) is 12.8 Å². The van der Waals surface area contributed by atoms with Crippen molar-refractivity contribution in [3.05, 3.63) is 0 Å². The molecule has 0 unspecified atom stereocenters. The summed E-state index contributed by atoms with van der Waals surface area (Å²) in [6.07, 6.45) is 2.62. The van der Waals surface area contributed by atoms with Gasteiger partial charge in [0.15, 0.2) is 0 Å². The minimum Gasteiger partial charge on any atom is -0.292 e. The van der Waals surface area contributed by atoms with Crippen LogP contribution in [0.15, 0.2) is 0 Å². The fraction of sp³-hybridized carbons (Fsp3) is 1.00. The first-order chi connectivity index (χ1) is 5.13. The standard InChI is InChI=1S/C9H16FN/c1-7-8(10)6-9(2)4-3-5-11(7)9/h7-8H,3-6H2,1-2H3/t7-,8-,9+/m1/s1. The van der Waals surface area contributed by atoms with Crippen molar-refractivity contribution >= 4 is 0 Å². The second-order valence-electron chi connectivity index (χ2n) is 4.25. The highest BCUT2D eigenvalue weighted by Gasteiger charge is 2.49. The Bertz CT molecular complexity index is 171. The largest absolute Gasteiger partial charge is 0.292 e. The van der Waals surface area contributed by atoms with Gasteiger partial charge in [0.1, 0.15) is 6.17 Å². The van der Waals surface area contributed by atoms with E-state index in [-0.39, 0.29) is 11.6 Å². The first-order valence-electron chi connectivity index (χ1n) is 4.54. The van der Waals surface area contributed by atoms with Gasteiger partial charge in [0.25, 0.3) is 0 Å². The number of fused-ring (bicyclic) bond motifs is 1. The van der Waals surface area contributed by atoms with E-state index < -0.39 is 6.17 Å². The lowest BCUT2D eigenvalue weighted by molar-refractivity contribution is 0.164. The van der Waals surface area contributed by atoms with E-state index in [1.54, 1.807) is 0 Å². The molecule has 2 saturated heterocycles. The predicted octanol–water partition coefficient (Wildman–Crippen LogP) is 1.97. The third-order valence-corrected chi connectivity index (χ3v) is 3.46. The van der Waals surface area contributed by atoms with E-state index in [9.17, 15) is 4.39 Å². The Morgan fingerprint density at radius 1 is 1.55 bits per heavy atom. The Morgan fingerprint density at radius 3 is 2.91 bits per heavy atom. The summed E-state index contributed by atoms with van der Waals surface area (Å²) in [5.74, 6) is 0. The Labute approximate surface area is 67.6 Å². The summed E-state index contributed by atoms with van der Waals surface area (Å²) in [6.45, 7) is 5.33. The number of hydrogen-bond donors (Lipinski definition) is 0. The molecular weight excluding hydrogens is 141 g/mol. The topological polar surface area (TPSA) is 3.24 Å². The second kappa shape index (κ2) is 2.19. The van der Waals surface area contributed by atoms with Crippen molar-refractivity contribution in [1.29, 1.82) is 0 Å². The first kappa shape index (κ1) is 7.53. The van der Waals surface area contributed by atoms with Crippen LogP contribution < -0.4 is 0 Å². The highest BCUT2D eigenvalue weighted by molar-refractivity contribution is 5.04. The molecule has 64 valence electrons. The van der Waals surface area contributed by atoms with Gasteiger partial charge in [-0.05, 0) is 39.7 Å². The predicted molar refractivity (Wildman–Crippen MR) is 43.3 cm³/mol. The van der Waals surface area contributed by atoms with Gasteiger partial charge in [0.2, 0.25) is 0 Å². The molecule has 0 aromatic carbocycles. The van der Waals surface area contributed by atoms with E-state index in [2.05, 4.69) is 11.8 Å². The molecule has 2 aliphatic rings. The van der Waals surface area contributed by atoms with Crippen molar-refractivity contribution in [2.45, 2.75) is 50.9 Å². The third-order valence-electron chi connectivity index (χ3n) is 3.46. The van der Waals surface area contributed by atoms with Crippen molar-refractivity contribution < 1.29 is 4.39 Å². The van der Waals surface area contributed by atoms with Gasteiger partial charge in [-0.25, -0.2) is 4.39 Å². The summed E-state index contributed by atoms with van der Waals surface area (Å²) < 4.78 is 13.2. The highest BCUT2D eigenvalue weighted by Crippen LogP contribution is 2.42. The van der Waals surface area contributed by atoms with Gasteiger partial charge in [-0.2, -0.15) is 0 Å². The maximum atomic E-state index is 13.2. The van der Waals surface area contributed by atoms with Crippen LogP contribution in [-0.4, -0.2) is 29.2 Å². The van der Waals surface area contributed by atoms with Gasteiger partial charge in [-0.3, -0.25) is 4.90 Å². The smallest absolute Gasteiger partial charge is 0.117 e. The average molecular weight is 157 g/mol. The van der Waals surface area contributed by atoms with Crippen molar-refractivity contribution in [1.82, 2.24) is 4.90 Å². The molecule has 3 atom stereocenters. The van der Waals surface area contributed by atoms with Gasteiger partial charge >= 0.3 is 0 Å². The molecule has 0 radical (unpaired) electrons. The normalized spacial score (nSPS) is 51.5. The third kappa shape index (κ3) is 0.919. The Hall–Kier alpha value is -0.110. The summed E-state index contributed by atoms with van der Waals surface area (Å²) in [4.78, 5) is 2.34. The summed E-state index contributed by atoms with van der Waals surface area (Å²) in [5, 5.41) is 0. The van der Waals surface area contributed by atoms with Crippen LogP contribution in [-0.2, 0) is 0 Å². The van der Waals surface area contributed by atoms with Crippen LogP contribution in [0.4, 0.5) is 4.39 Å². The minimum absolute atomic E-state index is 0.169. The lowest BCUT2D eigenvalue weighted by Gasteiger charge is -2.29. The molecule has 0 aromatic rings. The molecule has 0 saturated carbocycles. The summed E-state index contributed by atoms with van der Waals surface area (Å²) in [5.41, 5.74) is 0.207. The molecule has 11 heavy (non-hydrogen) atoms. The Kier molecular flexibility index (Phi) is 1.50. The van der Waals surface area contributed by atoms with Gasteiger partial charge in [-0.1, -0.05) is 0 Å². The number of hydrogen-bond acceptors (Lipinski definition) is 1. The molecule has 1 nitrogen and oxygen atoms in total. The van der Waals surface area contributed by atoms with Crippen LogP contribution in [0.25, 0.3) is 0 Å². The zero-order valence-corrected chi connectivity index (χ0v) is 7.31. The molecule has 0 aromatic heterocycles. The molecule has 2 heteroatoms. The van der Waals surface area contributed by atoms with Crippen LogP contribution in [0.1, 0.15) is 33.1 Å². The number of rotatable bonds is 0. The highest BCUT2D eigenvalue weighted by atomic mass is 19.1. The summed E-state index contributed by atoms with van der Waals surface area (Å²) in [7, 11) is 0. The van der Waals surface area contributed by atoms with E-state index in [1.807, 2.05) is 6.92 Å². The number of halogens is 1. The summed E-state index contributed by atoms with van der Waals surface area (Å²) in [6, 6.07) is 0.169. The lowest BCUT2D eigenvalue weighted by Crippen LogP contribution is -2.38. The van der Waals surface area contributed by atoms with Crippen molar-refractivity contribution in [3.8, 4) is 0 Å². The second-order valence-corrected chi connectivity index (χ2v) is 4.25. The SMILES string of the molecule is C[C@@H]1[C@H](F)C[C@]2(C)CCCN12. The zero-order chi connectivity index (χ0) is 8.06. The maximum Gasteiger partial charge on any atom is 0.117 e. The van der Waals surface area contributed by atoms with Crippen LogP contribution in [0.3, 0.4) is 0 Å². The molecule has 0 aliphatic carbocycles. The molecule has 0 spiro atoms. The van der Waals surface area contributed by atoms with Crippen LogP contribution in [0.2, 0.25) is 0 Å². The quantitative estimate of drug-likeness (QED) is 0.519. The van der Waals surface area contributed by atoms with Crippen molar-refractivity contribution in [2.24, 2.45) is 0 Å². The van der Waals surface area contributed by atoms with Crippen LogP contribution in [0, 0.1) is 0 Å². The summed E-state index contributed by atoms with van der Waals surface area (Å²) >= 11 is 0. The molecular formula is C9H16FN. The molecule has 2 heterocycles. The van der Waals surface area contributed by atoms with Gasteiger partial charge < -0.3 is 0 Å². The monoisotopic (exact) mass is 157 g/mol. The van der Waals surface area contributed by atoms with E-state index in [0.29, 0.717) is 0 Å². The molecule has 2 aliphatic heterocycles. The molecule has 0 N–H and O–H groups in total. The minimum atomic E-state index is -0.583. The van der Waals surface area contributed by atoms with Crippen molar-refractivity contribution in [3.63, 3.8) is 0 Å².